The molecular weight excluding hydrogens is 528 g/mol. The molecule has 1 fully saturated rings. The molecular formula is C27H32N10O4. The molecule has 5 heterocycles. The fourth-order valence-electron chi connectivity index (χ4n) is 4.87. The first-order valence-corrected chi connectivity index (χ1v) is 13.4. The highest BCUT2D eigenvalue weighted by Gasteiger charge is 2.51. The van der Waals surface area contributed by atoms with Crippen LogP contribution in [0.5, 0.6) is 0 Å². The van der Waals surface area contributed by atoms with Crippen molar-refractivity contribution in [1.29, 1.82) is 0 Å². The summed E-state index contributed by atoms with van der Waals surface area (Å²) in [4.78, 5) is 63.7. The first-order chi connectivity index (χ1) is 19.7. The third-order valence-corrected chi connectivity index (χ3v) is 7.21. The molecule has 2 aliphatic rings. The van der Waals surface area contributed by atoms with E-state index in [-0.39, 0.29) is 12.5 Å². The molecule has 14 heteroatoms. The lowest BCUT2D eigenvalue weighted by atomic mass is 10.1. The summed E-state index contributed by atoms with van der Waals surface area (Å²) in [5.41, 5.74) is 1.76. The monoisotopic (exact) mass is 560 g/mol. The van der Waals surface area contributed by atoms with Crippen LogP contribution in [0.3, 0.4) is 0 Å². The van der Waals surface area contributed by atoms with Crippen LogP contribution < -0.4 is 10.2 Å². The molecule has 5 rings (SSSR count). The molecule has 3 aromatic heterocycles. The van der Waals surface area contributed by atoms with E-state index in [4.69, 9.17) is 4.52 Å². The number of hydrogen-bond acceptors (Lipinski definition) is 11. The van der Waals surface area contributed by atoms with Gasteiger partial charge in [-0.1, -0.05) is 11.2 Å². The number of likely N-dealkylation sites (N-methyl/N-ethyl adjacent to an activating group) is 1. The van der Waals surface area contributed by atoms with E-state index >= 15 is 0 Å². The van der Waals surface area contributed by atoms with Crippen molar-refractivity contribution in [3.05, 3.63) is 48.1 Å². The molecule has 0 spiro atoms. The van der Waals surface area contributed by atoms with Crippen LogP contribution in [0, 0.1) is 6.92 Å². The number of hydrogen-bond donors (Lipinski definition) is 1. The highest BCUT2D eigenvalue weighted by Crippen LogP contribution is 2.28. The number of carbonyl (C=O) groups excluding carboxylic acids is 3. The fraction of sp³-hybridized carbons (Fsp3) is 0.407. The Kier molecular flexibility index (Phi) is 7.64. The molecule has 2 unspecified atom stereocenters. The van der Waals surface area contributed by atoms with Gasteiger partial charge in [0, 0.05) is 44.2 Å². The molecule has 1 N–H and O–H groups in total. The third-order valence-electron chi connectivity index (χ3n) is 7.21. The lowest BCUT2D eigenvalue weighted by molar-refractivity contribution is -0.139. The number of aliphatic imine (C=N–C) groups is 1. The summed E-state index contributed by atoms with van der Waals surface area (Å²) in [6.45, 7) is 9.04. The van der Waals surface area contributed by atoms with Crippen LogP contribution in [0.1, 0.15) is 32.2 Å². The topological polar surface area (TPSA) is 153 Å². The summed E-state index contributed by atoms with van der Waals surface area (Å²) >= 11 is 0. The zero-order valence-electron chi connectivity index (χ0n) is 23.6. The van der Waals surface area contributed by atoms with Crippen molar-refractivity contribution in [1.82, 2.24) is 34.8 Å². The van der Waals surface area contributed by atoms with Crippen LogP contribution in [0.4, 0.5) is 16.6 Å². The smallest absolute Gasteiger partial charge is 0.328 e. The van der Waals surface area contributed by atoms with Crippen molar-refractivity contribution in [2.24, 2.45) is 4.99 Å². The molecule has 0 bridgehead atoms. The van der Waals surface area contributed by atoms with Crippen molar-refractivity contribution >= 4 is 36.0 Å². The van der Waals surface area contributed by atoms with Gasteiger partial charge >= 0.3 is 6.03 Å². The average molecular weight is 561 g/mol. The zero-order chi connectivity index (χ0) is 29.3. The Labute approximate surface area is 237 Å². The minimum Gasteiger partial charge on any atom is -0.361 e. The van der Waals surface area contributed by atoms with E-state index in [2.05, 4.69) is 30.4 Å². The van der Waals surface area contributed by atoms with Gasteiger partial charge in [0.1, 0.15) is 23.3 Å². The van der Waals surface area contributed by atoms with Gasteiger partial charge in [-0.15, -0.1) is 0 Å². The fourth-order valence-corrected chi connectivity index (χ4v) is 4.87. The number of aromatic nitrogens is 4. The standard InChI is InChI=1S/C27H32N10O4/c1-6-35(7-2)26-28-12-18(13-29-26)20-9-8-10-21(31-20)32-24(38)17(4)37-15-30-23-22(37)25(39)36(27(40)34(23)5)14-19-11-16(3)41-33-19/h8-13,15,17,22-23H,6-7,14H2,1-5H3,(H,31,32,38)/t17-,22?,23?/m0/s1. The number of imide groups is 1. The summed E-state index contributed by atoms with van der Waals surface area (Å²) < 4.78 is 5.08. The van der Waals surface area contributed by atoms with Gasteiger partial charge in [-0.3, -0.25) is 14.5 Å². The van der Waals surface area contributed by atoms with E-state index in [1.54, 1.807) is 56.4 Å². The second kappa shape index (κ2) is 11.3. The Morgan fingerprint density at radius 1 is 1.17 bits per heavy atom. The van der Waals surface area contributed by atoms with Gasteiger partial charge < -0.3 is 24.5 Å². The molecule has 4 amide bonds. The lowest BCUT2D eigenvalue weighted by Gasteiger charge is -2.42. The second-order valence-electron chi connectivity index (χ2n) is 9.83. The molecule has 2 aliphatic heterocycles. The van der Waals surface area contributed by atoms with Crippen LogP contribution >= 0.6 is 0 Å². The quantitative estimate of drug-likeness (QED) is 0.412. The molecule has 3 aromatic rings. The number of fused-ring (bicyclic) bond motifs is 1. The number of anilines is 2. The number of aryl methyl sites for hydroxylation is 1. The van der Waals surface area contributed by atoms with Gasteiger partial charge in [0.25, 0.3) is 5.91 Å². The van der Waals surface area contributed by atoms with E-state index in [0.717, 1.165) is 18.0 Å². The van der Waals surface area contributed by atoms with Crippen LogP contribution in [-0.4, -0.2) is 97.4 Å². The number of nitrogens with one attached hydrogen (secondary N) is 1. The van der Waals surface area contributed by atoms with Crippen molar-refractivity contribution in [3.63, 3.8) is 0 Å². The molecule has 3 atom stereocenters. The maximum Gasteiger partial charge on any atom is 0.328 e. The second-order valence-corrected chi connectivity index (χ2v) is 9.83. The van der Waals surface area contributed by atoms with Crippen molar-refractivity contribution in [2.75, 3.05) is 30.4 Å². The van der Waals surface area contributed by atoms with Gasteiger partial charge in [0.2, 0.25) is 11.9 Å². The molecule has 0 radical (unpaired) electrons. The van der Waals surface area contributed by atoms with Gasteiger partial charge in [0.05, 0.1) is 18.6 Å². The predicted octanol–water partition coefficient (Wildman–Crippen LogP) is 2.14. The Balaban J connectivity index is 1.29. The SMILES string of the molecule is CCN(CC)c1ncc(-c2cccc(NC(=O)[C@H](C)N3C=NC4C3C(=O)N(Cc3cc(C)on3)C(=O)N4C)n2)cn1. The molecule has 0 saturated carbocycles. The number of amides is 4. The normalized spacial score (nSPS) is 19.0. The van der Waals surface area contributed by atoms with Gasteiger partial charge in [0.15, 0.2) is 12.2 Å². The van der Waals surface area contributed by atoms with Crippen LogP contribution in [0.2, 0.25) is 0 Å². The summed E-state index contributed by atoms with van der Waals surface area (Å²) in [7, 11) is 1.58. The third kappa shape index (κ3) is 5.32. The van der Waals surface area contributed by atoms with E-state index in [1.807, 2.05) is 24.8 Å². The minimum absolute atomic E-state index is 0.0483. The number of carbonyl (C=O) groups is 3. The van der Waals surface area contributed by atoms with Crippen LogP contribution in [0.15, 0.2) is 46.2 Å². The Bertz CT molecular complexity index is 1470. The predicted molar refractivity (Wildman–Crippen MR) is 150 cm³/mol. The summed E-state index contributed by atoms with van der Waals surface area (Å²) in [6.07, 6.45) is 4.11. The van der Waals surface area contributed by atoms with E-state index in [1.165, 1.54) is 11.2 Å². The van der Waals surface area contributed by atoms with Crippen LogP contribution in [-0.2, 0) is 16.1 Å². The van der Waals surface area contributed by atoms with Gasteiger partial charge in [-0.2, -0.15) is 0 Å². The minimum atomic E-state index is -0.868. The first kappa shape index (κ1) is 27.7. The maximum absolute atomic E-state index is 13.5. The summed E-state index contributed by atoms with van der Waals surface area (Å²) in [5.74, 6) is 0.693. The van der Waals surface area contributed by atoms with Gasteiger partial charge in [-0.25, -0.2) is 24.7 Å². The lowest BCUT2D eigenvalue weighted by Crippen LogP contribution is -2.66. The van der Waals surface area contributed by atoms with Crippen LogP contribution in [0.25, 0.3) is 11.3 Å². The Morgan fingerprint density at radius 3 is 2.56 bits per heavy atom. The van der Waals surface area contributed by atoms with Crippen molar-refractivity contribution < 1.29 is 18.9 Å². The number of rotatable bonds is 9. The highest BCUT2D eigenvalue weighted by atomic mass is 16.5. The van der Waals surface area contributed by atoms with Crippen molar-refractivity contribution in [3.8, 4) is 11.3 Å². The zero-order valence-corrected chi connectivity index (χ0v) is 23.6. The maximum atomic E-state index is 13.5. The van der Waals surface area contributed by atoms with E-state index < -0.39 is 30.2 Å². The van der Waals surface area contributed by atoms with Crippen molar-refractivity contribution in [2.45, 2.75) is 52.5 Å². The van der Waals surface area contributed by atoms with Gasteiger partial charge in [-0.05, 0) is 39.8 Å². The number of pyridine rings is 1. The molecule has 0 aromatic carbocycles. The largest absolute Gasteiger partial charge is 0.361 e. The highest BCUT2D eigenvalue weighted by molar-refractivity contribution is 6.03. The molecule has 214 valence electrons. The average Bonchev–Trinajstić information content (AvgIpc) is 3.61. The van der Waals surface area contributed by atoms with E-state index in [0.29, 0.717) is 34.5 Å². The summed E-state index contributed by atoms with van der Waals surface area (Å²) in [6, 6.07) is 4.78. The molecule has 41 heavy (non-hydrogen) atoms. The molecule has 0 aliphatic carbocycles. The number of urea groups is 1. The Hall–Kier alpha value is -4.88. The molecule has 1 saturated heterocycles. The Morgan fingerprint density at radius 2 is 1.90 bits per heavy atom. The van der Waals surface area contributed by atoms with E-state index in [9.17, 15) is 14.4 Å². The summed E-state index contributed by atoms with van der Waals surface area (Å²) in [5, 5.41) is 6.73. The number of nitrogens with zero attached hydrogens (tertiary/aromatic N) is 9. The molecule has 14 nitrogen and oxygen atoms in total. The first-order valence-electron chi connectivity index (χ1n) is 13.4.